The van der Waals surface area contributed by atoms with Crippen molar-refractivity contribution >= 4 is 34.3 Å². The fourth-order valence-corrected chi connectivity index (χ4v) is 2.88. The minimum absolute atomic E-state index is 0.188. The van der Waals surface area contributed by atoms with Gasteiger partial charge in [0.1, 0.15) is 12.3 Å². The molecular formula is C21H20N2O5. The third-order valence-electron chi connectivity index (χ3n) is 4.23. The number of nitrogens with zero attached hydrogens (tertiary/aromatic N) is 1. The first kappa shape index (κ1) is 19.2. The Balaban J connectivity index is 1.94. The Bertz CT molecular complexity index is 1010. The summed E-state index contributed by atoms with van der Waals surface area (Å²) in [7, 11) is 1.55. The number of aromatic amines is 1. The van der Waals surface area contributed by atoms with Gasteiger partial charge in [0.05, 0.1) is 19.3 Å². The van der Waals surface area contributed by atoms with E-state index in [1.807, 2.05) is 0 Å². The monoisotopic (exact) mass is 380 g/mol. The van der Waals surface area contributed by atoms with Crippen LogP contribution in [0, 0.1) is 0 Å². The number of nitrogens with one attached hydrogen (secondary N) is 1. The molecule has 2 aromatic carbocycles. The molecule has 144 valence electrons. The maximum atomic E-state index is 13.0. The van der Waals surface area contributed by atoms with Crippen LogP contribution in [0.2, 0.25) is 0 Å². The molecule has 0 saturated heterocycles. The van der Waals surface area contributed by atoms with E-state index in [1.165, 1.54) is 6.20 Å². The highest BCUT2D eigenvalue weighted by atomic mass is 16.5. The number of amides is 1. The lowest BCUT2D eigenvalue weighted by atomic mass is 10.1. The average molecular weight is 380 g/mol. The molecule has 3 aromatic rings. The summed E-state index contributed by atoms with van der Waals surface area (Å²) in [6.45, 7) is 1.52. The number of benzene rings is 2. The van der Waals surface area contributed by atoms with Crippen molar-refractivity contribution in [1.29, 1.82) is 0 Å². The lowest BCUT2D eigenvalue weighted by Crippen LogP contribution is -2.40. The molecule has 1 amide bonds. The van der Waals surface area contributed by atoms with E-state index in [0.29, 0.717) is 22.3 Å². The Hall–Kier alpha value is -3.61. The van der Waals surface area contributed by atoms with Gasteiger partial charge in [0, 0.05) is 28.9 Å². The van der Waals surface area contributed by atoms with Crippen LogP contribution in [-0.4, -0.2) is 42.9 Å². The van der Waals surface area contributed by atoms with Crippen LogP contribution in [0.4, 0.5) is 5.69 Å². The third-order valence-corrected chi connectivity index (χ3v) is 4.23. The van der Waals surface area contributed by atoms with Crippen LogP contribution < -0.4 is 9.64 Å². The van der Waals surface area contributed by atoms with Crippen LogP contribution in [0.3, 0.4) is 0 Å². The van der Waals surface area contributed by atoms with Gasteiger partial charge in [0.15, 0.2) is 0 Å². The maximum Gasteiger partial charge on any atom is 0.326 e. The van der Waals surface area contributed by atoms with Crippen molar-refractivity contribution in [2.24, 2.45) is 0 Å². The van der Waals surface area contributed by atoms with Gasteiger partial charge in [-0.05, 0) is 31.2 Å². The highest BCUT2D eigenvalue weighted by Crippen LogP contribution is 2.24. The number of anilines is 1. The summed E-state index contributed by atoms with van der Waals surface area (Å²) in [5.74, 6) is -1.48. The number of hydrogen-bond donors (Lipinski definition) is 1. The zero-order valence-electron chi connectivity index (χ0n) is 15.6. The number of H-pyrrole nitrogens is 1. The van der Waals surface area contributed by atoms with Crippen molar-refractivity contribution < 1.29 is 23.9 Å². The molecule has 0 spiro atoms. The van der Waals surface area contributed by atoms with E-state index in [0.717, 1.165) is 4.90 Å². The number of hydrogen-bond acceptors (Lipinski definition) is 5. The second-order valence-electron chi connectivity index (χ2n) is 5.97. The van der Waals surface area contributed by atoms with Crippen LogP contribution in [0.1, 0.15) is 17.3 Å². The average Bonchev–Trinajstić information content (AvgIpc) is 3.15. The number of para-hydroxylation sites is 1. The largest absolute Gasteiger partial charge is 0.497 e. The van der Waals surface area contributed by atoms with Crippen LogP contribution in [0.25, 0.3) is 10.9 Å². The van der Waals surface area contributed by atoms with Crippen LogP contribution in [-0.2, 0) is 14.3 Å². The van der Waals surface area contributed by atoms with Crippen molar-refractivity contribution in [2.75, 3.05) is 25.2 Å². The van der Waals surface area contributed by atoms with E-state index in [1.54, 1.807) is 62.6 Å². The third kappa shape index (κ3) is 3.88. The van der Waals surface area contributed by atoms with E-state index in [4.69, 9.17) is 9.47 Å². The predicted molar refractivity (Wildman–Crippen MR) is 105 cm³/mol. The minimum Gasteiger partial charge on any atom is -0.497 e. The summed E-state index contributed by atoms with van der Waals surface area (Å²) >= 11 is 0. The number of aromatic nitrogens is 1. The number of ketones is 1. The van der Waals surface area contributed by atoms with Crippen molar-refractivity contribution in [3.8, 4) is 5.75 Å². The molecule has 7 nitrogen and oxygen atoms in total. The summed E-state index contributed by atoms with van der Waals surface area (Å²) in [6, 6.07) is 13.7. The summed E-state index contributed by atoms with van der Waals surface area (Å²) in [5.41, 5.74) is 1.34. The van der Waals surface area contributed by atoms with E-state index < -0.39 is 17.7 Å². The second kappa shape index (κ2) is 8.39. The Morgan fingerprint density at radius 3 is 2.50 bits per heavy atom. The first-order valence-electron chi connectivity index (χ1n) is 8.77. The Labute approximate surface area is 161 Å². The molecule has 1 heterocycles. The molecule has 0 radical (unpaired) electrons. The van der Waals surface area contributed by atoms with Gasteiger partial charge >= 0.3 is 5.97 Å². The van der Waals surface area contributed by atoms with Gasteiger partial charge < -0.3 is 14.5 Å². The highest BCUT2D eigenvalue weighted by Gasteiger charge is 2.28. The van der Waals surface area contributed by atoms with Crippen molar-refractivity contribution in [2.45, 2.75) is 6.92 Å². The quantitative estimate of drug-likeness (QED) is 0.387. The highest BCUT2D eigenvalue weighted by molar-refractivity contribution is 6.49. The zero-order chi connectivity index (χ0) is 20.1. The molecule has 28 heavy (non-hydrogen) atoms. The SMILES string of the molecule is CCOC(=O)CN(C(=O)C(=O)c1c[nH]c2cc(OC)ccc12)c1ccccc1. The van der Waals surface area contributed by atoms with Crippen molar-refractivity contribution in [1.82, 2.24) is 4.98 Å². The standard InChI is InChI=1S/C21H20N2O5/c1-3-28-19(24)13-23(14-7-5-4-6-8-14)21(26)20(25)17-12-22-18-11-15(27-2)9-10-16(17)18/h4-12,22H,3,13H2,1-2H3. The first-order chi connectivity index (χ1) is 13.5. The molecule has 0 unspecified atom stereocenters. The molecule has 0 saturated carbocycles. The molecule has 1 aromatic heterocycles. The van der Waals surface area contributed by atoms with Gasteiger partial charge in [-0.15, -0.1) is 0 Å². The van der Waals surface area contributed by atoms with E-state index in [-0.39, 0.29) is 18.7 Å². The number of methoxy groups -OCH3 is 1. The Kier molecular flexibility index (Phi) is 5.74. The molecule has 1 N–H and O–H groups in total. The van der Waals surface area contributed by atoms with Gasteiger partial charge in [-0.25, -0.2) is 0 Å². The summed E-state index contributed by atoms with van der Waals surface area (Å²) in [5, 5.41) is 0.600. The molecule has 0 atom stereocenters. The number of rotatable bonds is 7. The number of Topliss-reactive ketones (excluding diaryl/α,β-unsaturated/α-hetero) is 1. The molecule has 0 aliphatic carbocycles. The second-order valence-corrected chi connectivity index (χ2v) is 5.97. The van der Waals surface area contributed by atoms with Gasteiger partial charge in [-0.2, -0.15) is 0 Å². The number of ether oxygens (including phenoxy) is 2. The molecule has 3 rings (SSSR count). The lowest BCUT2D eigenvalue weighted by molar-refractivity contribution is -0.142. The van der Waals surface area contributed by atoms with Gasteiger partial charge in [-0.1, -0.05) is 18.2 Å². The van der Waals surface area contributed by atoms with Gasteiger partial charge in [0.2, 0.25) is 0 Å². The number of carbonyl (C=O) groups excluding carboxylic acids is 3. The molecule has 0 fully saturated rings. The number of fused-ring (bicyclic) bond motifs is 1. The van der Waals surface area contributed by atoms with Crippen LogP contribution in [0.15, 0.2) is 54.7 Å². The minimum atomic E-state index is -0.809. The van der Waals surface area contributed by atoms with Gasteiger partial charge in [0.25, 0.3) is 11.7 Å². The molecule has 0 aliphatic rings. The van der Waals surface area contributed by atoms with E-state index in [2.05, 4.69) is 4.98 Å². The fraction of sp³-hybridized carbons (Fsp3) is 0.190. The summed E-state index contributed by atoms with van der Waals surface area (Å²) < 4.78 is 10.1. The maximum absolute atomic E-state index is 13.0. The fourth-order valence-electron chi connectivity index (χ4n) is 2.88. The first-order valence-corrected chi connectivity index (χ1v) is 8.77. The van der Waals surface area contributed by atoms with Gasteiger partial charge in [-0.3, -0.25) is 19.3 Å². The lowest BCUT2D eigenvalue weighted by Gasteiger charge is -2.21. The Morgan fingerprint density at radius 2 is 1.82 bits per heavy atom. The Morgan fingerprint density at radius 1 is 1.07 bits per heavy atom. The zero-order valence-corrected chi connectivity index (χ0v) is 15.6. The van der Waals surface area contributed by atoms with Crippen LogP contribution >= 0.6 is 0 Å². The number of esters is 1. The molecule has 0 bridgehead atoms. The van der Waals surface area contributed by atoms with E-state index >= 15 is 0 Å². The van der Waals surface area contributed by atoms with Crippen molar-refractivity contribution in [3.05, 3.63) is 60.3 Å². The normalized spacial score (nSPS) is 10.5. The molecule has 0 aliphatic heterocycles. The van der Waals surface area contributed by atoms with E-state index in [9.17, 15) is 14.4 Å². The molecular weight excluding hydrogens is 360 g/mol. The molecule has 7 heteroatoms. The summed E-state index contributed by atoms with van der Waals surface area (Å²) in [4.78, 5) is 42.0. The summed E-state index contributed by atoms with van der Waals surface area (Å²) in [6.07, 6.45) is 1.48. The van der Waals surface area contributed by atoms with Crippen molar-refractivity contribution in [3.63, 3.8) is 0 Å². The number of carbonyl (C=O) groups is 3. The predicted octanol–water partition coefficient (Wildman–Crippen LogP) is 2.96. The topological polar surface area (TPSA) is 88.7 Å². The van der Waals surface area contributed by atoms with Crippen LogP contribution in [0.5, 0.6) is 5.75 Å². The smallest absolute Gasteiger partial charge is 0.326 e.